The number of esters is 1. The Balaban J connectivity index is 2.58. The molecule has 118 valence electrons. The van der Waals surface area contributed by atoms with Crippen LogP contribution in [0.4, 0.5) is 4.79 Å². The van der Waals surface area contributed by atoms with Gasteiger partial charge in [-0.1, -0.05) is 0 Å². The van der Waals surface area contributed by atoms with E-state index in [0.29, 0.717) is 16.9 Å². The topological polar surface area (TPSA) is 90.7 Å². The summed E-state index contributed by atoms with van der Waals surface area (Å²) in [6.07, 6.45) is -0.599. The van der Waals surface area contributed by atoms with E-state index >= 15 is 0 Å². The fourth-order valence-electron chi connectivity index (χ4n) is 2.04. The van der Waals surface area contributed by atoms with E-state index in [2.05, 4.69) is 9.72 Å². The number of carbonyl (C=O) groups excluding carboxylic acids is 2. The lowest BCUT2D eigenvalue weighted by Crippen LogP contribution is -2.27. The van der Waals surface area contributed by atoms with Gasteiger partial charge in [0, 0.05) is 6.07 Å². The van der Waals surface area contributed by atoms with E-state index < -0.39 is 17.7 Å². The predicted molar refractivity (Wildman–Crippen MR) is 79.1 cm³/mol. The summed E-state index contributed by atoms with van der Waals surface area (Å²) in [4.78, 5) is 28.1. The number of ether oxygens (including phenoxy) is 2. The highest BCUT2D eigenvalue weighted by molar-refractivity contribution is 5.98. The van der Waals surface area contributed by atoms with E-state index in [9.17, 15) is 14.7 Å². The van der Waals surface area contributed by atoms with Crippen molar-refractivity contribution < 1.29 is 24.2 Å². The number of nitrogens with zero attached hydrogens (tertiary/aromatic N) is 2. The molecule has 1 N–H and O–H groups in total. The first-order chi connectivity index (χ1) is 10.1. The van der Waals surface area contributed by atoms with Gasteiger partial charge in [0.1, 0.15) is 22.7 Å². The summed E-state index contributed by atoms with van der Waals surface area (Å²) in [5.41, 5.74) is 0.0796. The van der Waals surface area contributed by atoms with E-state index in [1.54, 1.807) is 27.7 Å². The van der Waals surface area contributed by atoms with Gasteiger partial charge in [-0.2, -0.15) is 0 Å². The maximum atomic E-state index is 12.3. The number of hydrogen-bond acceptors (Lipinski definition) is 6. The van der Waals surface area contributed by atoms with E-state index in [0.717, 1.165) is 0 Å². The van der Waals surface area contributed by atoms with Crippen molar-refractivity contribution in [1.29, 1.82) is 0 Å². The number of imidazole rings is 1. The molecule has 0 saturated carbocycles. The van der Waals surface area contributed by atoms with Crippen molar-refractivity contribution >= 4 is 23.1 Å². The molecule has 0 spiro atoms. The number of methoxy groups -OCH3 is 1. The van der Waals surface area contributed by atoms with Gasteiger partial charge in [-0.15, -0.1) is 0 Å². The van der Waals surface area contributed by atoms with Crippen molar-refractivity contribution in [1.82, 2.24) is 9.55 Å². The van der Waals surface area contributed by atoms with Crippen molar-refractivity contribution in [3.05, 3.63) is 23.5 Å². The monoisotopic (exact) mass is 306 g/mol. The second-order valence-electron chi connectivity index (χ2n) is 5.82. The molecule has 22 heavy (non-hydrogen) atoms. The molecule has 2 aromatic rings. The molecule has 0 aliphatic carbocycles. The van der Waals surface area contributed by atoms with E-state index in [1.807, 2.05) is 0 Å². The van der Waals surface area contributed by atoms with E-state index in [-0.39, 0.29) is 11.3 Å². The SMILES string of the molecule is COC(=O)c1cc2nc(C)n(C(=O)OC(C)(C)C)c2cc1O. The number of rotatable bonds is 1. The summed E-state index contributed by atoms with van der Waals surface area (Å²) in [5, 5.41) is 9.96. The number of hydrogen-bond donors (Lipinski definition) is 1. The molecular weight excluding hydrogens is 288 g/mol. The molecule has 0 aliphatic heterocycles. The Kier molecular flexibility index (Phi) is 3.83. The third-order valence-electron chi connectivity index (χ3n) is 2.92. The maximum absolute atomic E-state index is 12.3. The Morgan fingerprint density at radius 3 is 2.45 bits per heavy atom. The Bertz CT molecular complexity index is 755. The Hall–Kier alpha value is -2.57. The van der Waals surface area contributed by atoms with Crippen LogP contribution in [0.15, 0.2) is 12.1 Å². The molecule has 0 radical (unpaired) electrons. The van der Waals surface area contributed by atoms with Crippen LogP contribution >= 0.6 is 0 Å². The fraction of sp³-hybridized carbons (Fsp3) is 0.400. The quantitative estimate of drug-likeness (QED) is 0.814. The minimum atomic E-state index is -0.677. The van der Waals surface area contributed by atoms with Crippen molar-refractivity contribution in [3.8, 4) is 5.75 Å². The number of carbonyl (C=O) groups is 2. The standard InChI is InChI=1S/C15H18N2O5/c1-8-16-10-6-9(13(19)21-5)12(18)7-11(10)17(8)14(20)22-15(2,3)4/h6-7,18H,1-5H3. The van der Waals surface area contributed by atoms with Crippen LogP contribution in [0.25, 0.3) is 11.0 Å². The summed E-state index contributed by atoms with van der Waals surface area (Å²) >= 11 is 0. The molecule has 2 rings (SSSR count). The zero-order valence-corrected chi connectivity index (χ0v) is 13.1. The molecule has 1 aromatic carbocycles. The van der Waals surface area contributed by atoms with Crippen molar-refractivity contribution in [3.63, 3.8) is 0 Å². The Morgan fingerprint density at radius 1 is 1.27 bits per heavy atom. The van der Waals surface area contributed by atoms with Gasteiger partial charge in [-0.3, -0.25) is 0 Å². The summed E-state index contributed by atoms with van der Waals surface area (Å²) in [6, 6.07) is 2.68. The van der Waals surface area contributed by atoms with Gasteiger partial charge in [0.2, 0.25) is 0 Å². The summed E-state index contributed by atoms with van der Waals surface area (Å²) < 4.78 is 11.2. The number of phenolic OH excluding ortho intramolecular Hbond substituents is 1. The smallest absolute Gasteiger partial charge is 0.420 e. The van der Waals surface area contributed by atoms with Gasteiger partial charge in [-0.05, 0) is 33.8 Å². The molecular formula is C15H18N2O5. The normalized spacial score (nSPS) is 11.5. The van der Waals surface area contributed by atoms with Crippen molar-refractivity contribution in [2.24, 2.45) is 0 Å². The molecule has 7 nitrogen and oxygen atoms in total. The van der Waals surface area contributed by atoms with Crippen molar-refractivity contribution in [2.75, 3.05) is 7.11 Å². The number of phenols is 1. The lowest BCUT2D eigenvalue weighted by molar-refractivity contribution is 0.0539. The summed E-state index contributed by atoms with van der Waals surface area (Å²) in [7, 11) is 1.22. The minimum absolute atomic E-state index is 0.0103. The molecule has 1 heterocycles. The first kappa shape index (κ1) is 15.8. The van der Waals surface area contributed by atoms with Crippen LogP contribution < -0.4 is 0 Å². The molecule has 7 heteroatoms. The molecule has 0 fully saturated rings. The lowest BCUT2D eigenvalue weighted by Gasteiger charge is -2.20. The predicted octanol–water partition coefficient (Wildman–Crippen LogP) is 2.62. The molecule has 0 bridgehead atoms. The number of aromatic nitrogens is 2. The lowest BCUT2D eigenvalue weighted by atomic mass is 10.1. The average molecular weight is 306 g/mol. The van der Waals surface area contributed by atoms with Crippen LogP contribution in [0.3, 0.4) is 0 Å². The molecule has 0 aliphatic rings. The third-order valence-corrected chi connectivity index (χ3v) is 2.92. The van der Waals surface area contributed by atoms with E-state index in [4.69, 9.17) is 4.74 Å². The highest BCUT2D eigenvalue weighted by Gasteiger charge is 2.23. The number of fused-ring (bicyclic) bond motifs is 1. The Morgan fingerprint density at radius 2 is 1.91 bits per heavy atom. The second kappa shape index (κ2) is 5.32. The molecule has 0 unspecified atom stereocenters. The van der Waals surface area contributed by atoms with Crippen LogP contribution in [0.2, 0.25) is 0 Å². The van der Waals surface area contributed by atoms with Crippen LogP contribution in [0.5, 0.6) is 5.75 Å². The van der Waals surface area contributed by atoms with Gasteiger partial charge in [0.25, 0.3) is 0 Å². The molecule has 0 amide bonds. The molecule has 1 aromatic heterocycles. The number of aromatic hydroxyl groups is 1. The van der Waals surface area contributed by atoms with Gasteiger partial charge >= 0.3 is 12.1 Å². The number of aryl methyl sites for hydroxylation is 1. The first-order valence-corrected chi connectivity index (χ1v) is 6.68. The van der Waals surface area contributed by atoms with Crippen LogP contribution in [0, 0.1) is 6.92 Å². The van der Waals surface area contributed by atoms with Gasteiger partial charge in [0.05, 0.1) is 18.1 Å². The van der Waals surface area contributed by atoms with Crippen LogP contribution in [-0.2, 0) is 9.47 Å². The van der Waals surface area contributed by atoms with Gasteiger partial charge < -0.3 is 14.6 Å². The zero-order valence-electron chi connectivity index (χ0n) is 13.1. The number of benzene rings is 1. The van der Waals surface area contributed by atoms with Gasteiger partial charge in [-0.25, -0.2) is 19.1 Å². The highest BCUT2D eigenvalue weighted by Crippen LogP contribution is 2.27. The largest absolute Gasteiger partial charge is 0.507 e. The van der Waals surface area contributed by atoms with Crippen molar-refractivity contribution in [2.45, 2.75) is 33.3 Å². The first-order valence-electron chi connectivity index (χ1n) is 6.68. The fourth-order valence-corrected chi connectivity index (χ4v) is 2.04. The molecule has 0 saturated heterocycles. The summed E-state index contributed by atoms with van der Waals surface area (Å²) in [6.45, 7) is 6.91. The maximum Gasteiger partial charge on any atom is 0.420 e. The minimum Gasteiger partial charge on any atom is -0.507 e. The third kappa shape index (κ3) is 2.88. The van der Waals surface area contributed by atoms with E-state index in [1.165, 1.54) is 23.8 Å². The average Bonchev–Trinajstić information content (AvgIpc) is 2.70. The van der Waals surface area contributed by atoms with Crippen LogP contribution in [0.1, 0.15) is 37.0 Å². The molecule has 0 atom stereocenters. The van der Waals surface area contributed by atoms with Gasteiger partial charge in [0.15, 0.2) is 0 Å². The zero-order chi connectivity index (χ0) is 16.7. The summed E-state index contributed by atoms with van der Waals surface area (Å²) in [5.74, 6) is -0.571. The van der Waals surface area contributed by atoms with Crippen LogP contribution in [-0.4, -0.2) is 39.4 Å². The second-order valence-corrected chi connectivity index (χ2v) is 5.82. The Labute approximate surface area is 127 Å². The highest BCUT2D eigenvalue weighted by atomic mass is 16.6.